The van der Waals surface area contributed by atoms with Gasteiger partial charge in [-0.05, 0) is 30.2 Å². The Hall–Kier alpha value is -3.55. The van der Waals surface area contributed by atoms with Crippen molar-refractivity contribution in [3.63, 3.8) is 0 Å². The number of aromatic amines is 1. The number of likely N-dealkylation sites (tertiary alicyclic amines) is 2. The Kier molecular flexibility index (Phi) is 4.57. The fourth-order valence-electron chi connectivity index (χ4n) is 4.80. The number of rotatable bonds is 3. The second-order valence-electron chi connectivity index (χ2n) is 8.21. The van der Waals surface area contributed by atoms with E-state index in [2.05, 4.69) is 10.2 Å². The number of piperazine rings is 1. The number of benzene rings is 2. The minimum Gasteiger partial charge on any atom is -0.336 e. The first kappa shape index (κ1) is 19.4. The summed E-state index contributed by atoms with van der Waals surface area (Å²) < 4.78 is 14.6. The molecule has 2 unspecified atom stereocenters. The monoisotopic (exact) mass is 420 g/mol. The van der Waals surface area contributed by atoms with E-state index >= 15 is 0 Å². The van der Waals surface area contributed by atoms with Gasteiger partial charge in [-0.1, -0.05) is 24.3 Å². The van der Waals surface area contributed by atoms with Gasteiger partial charge in [0.1, 0.15) is 5.82 Å². The van der Waals surface area contributed by atoms with Crippen molar-refractivity contribution in [2.24, 2.45) is 0 Å². The summed E-state index contributed by atoms with van der Waals surface area (Å²) in [5.74, 6) is -0.915. The van der Waals surface area contributed by atoms with E-state index in [1.165, 1.54) is 13.0 Å². The average molecular weight is 420 g/mol. The molecule has 31 heavy (non-hydrogen) atoms. The Morgan fingerprint density at radius 2 is 1.81 bits per heavy atom. The van der Waals surface area contributed by atoms with E-state index in [-0.39, 0.29) is 35.0 Å². The molecule has 158 valence electrons. The van der Waals surface area contributed by atoms with Crippen molar-refractivity contribution >= 4 is 22.6 Å². The first-order chi connectivity index (χ1) is 14.9. The largest absolute Gasteiger partial charge is 0.336 e. The Balaban J connectivity index is 1.42. The van der Waals surface area contributed by atoms with Crippen LogP contribution in [0, 0.1) is 5.82 Å². The molecule has 2 fully saturated rings. The number of H-pyrrole nitrogens is 1. The number of hydrogen-bond donors (Lipinski definition) is 1. The third kappa shape index (κ3) is 3.28. The van der Waals surface area contributed by atoms with Crippen LogP contribution in [0.15, 0.2) is 47.3 Å². The molecule has 0 spiro atoms. The molecule has 1 N–H and O–H groups in total. The summed E-state index contributed by atoms with van der Waals surface area (Å²) in [5, 5.41) is 7.93. The summed E-state index contributed by atoms with van der Waals surface area (Å²) in [5.41, 5.74) is 1.13. The molecule has 2 amide bonds. The quantitative estimate of drug-likeness (QED) is 0.703. The number of halogens is 1. The van der Waals surface area contributed by atoms with Crippen LogP contribution in [0.3, 0.4) is 0 Å². The van der Waals surface area contributed by atoms with Gasteiger partial charge in [0.25, 0.3) is 11.5 Å². The van der Waals surface area contributed by atoms with E-state index < -0.39 is 5.82 Å². The molecule has 0 saturated carbocycles. The maximum absolute atomic E-state index is 14.6. The predicted octanol–water partition coefficient (Wildman–Crippen LogP) is 2.10. The normalized spacial score (nSPS) is 19.9. The standard InChI is InChI=1S/C23H21FN4O3/c1-13(29)27-11-16-10-15(27)12-28(16)23(31)19-8-14(6-7-20(19)24)9-21-17-4-2-3-5-18(17)22(30)26-25-21/h2-8,15-16H,9-12H2,1H3,(H,26,30). The number of fused-ring (bicyclic) bond motifs is 3. The van der Waals surface area contributed by atoms with Gasteiger partial charge in [0.2, 0.25) is 5.91 Å². The van der Waals surface area contributed by atoms with Crippen molar-refractivity contribution < 1.29 is 14.0 Å². The van der Waals surface area contributed by atoms with Gasteiger partial charge in [-0.2, -0.15) is 5.10 Å². The summed E-state index contributed by atoms with van der Waals surface area (Å²) in [4.78, 5) is 40.3. The molecule has 2 bridgehead atoms. The molecule has 1 aromatic heterocycles. The minimum atomic E-state index is -0.570. The molecule has 0 radical (unpaired) electrons. The van der Waals surface area contributed by atoms with Crippen LogP contribution >= 0.6 is 0 Å². The van der Waals surface area contributed by atoms with Crippen LogP contribution in [0.1, 0.15) is 35.0 Å². The molecule has 8 heteroatoms. The lowest BCUT2D eigenvalue weighted by Crippen LogP contribution is -2.50. The first-order valence-electron chi connectivity index (χ1n) is 10.3. The number of nitrogens with one attached hydrogen (secondary N) is 1. The third-order valence-corrected chi connectivity index (χ3v) is 6.31. The Bertz CT molecular complexity index is 1270. The van der Waals surface area contributed by atoms with Gasteiger partial charge in [0.15, 0.2) is 0 Å². The van der Waals surface area contributed by atoms with E-state index in [4.69, 9.17) is 0 Å². The minimum absolute atomic E-state index is 0.00778. The van der Waals surface area contributed by atoms with Crippen molar-refractivity contribution in [2.75, 3.05) is 13.1 Å². The van der Waals surface area contributed by atoms with Gasteiger partial charge in [-0.3, -0.25) is 14.4 Å². The number of carbonyl (C=O) groups is 2. The SMILES string of the molecule is CC(=O)N1CC2CC1CN2C(=O)c1cc(Cc2n[nH]c(=O)c3ccccc23)ccc1F. The topological polar surface area (TPSA) is 86.4 Å². The molecular formula is C23H21FN4O3. The maximum atomic E-state index is 14.6. The lowest BCUT2D eigenvalue weighted by Gasteiger charge is -2.33. The van der Waals surface area contributed by atoms with Gasteiger partial charge in [-0.15, -0.1) is 0 Å². The van der Waals surface area contributed by atoms with Crippen molar-refractivity contribution in [3.8, 4) is 0 Å². The van der Waals surface area contributed by atoms with Gasteiger partial charge in [0, 0.05) is 31.8 Å². The summed E-state index contributed by atoms with van der Waals surface area (Å²) in [6, 6.07) is 11.6. The number of hydrogen-bond acceptors (Lipinski definition) is 4. The zero-order chi connectivity index (χ0) is 21.7. The summed E-state index contributed by atoms with van der Waals surface area (Å²) in [6.45, 7) is 2.46. The van der Waals surface area contributed by atoms with Crippen molar-refractivity contribution in [1.82, 2.24) is 20.0 Å². The summed E-state index contributed by atoms with van der Waals surface area (Å²) >= 11 is 0. The van der Waals surface area contributed by atoms with Gasteiger partial charge < -0.3 is 9.80 Å². The molecular weight excluding hydrogens is 399 g/mol. The van der Waals surface area contributed by atoms with Gasteiger partial charge in [-0.25, -0.2) is 9.49 Å². The van der Waals surface area contributed by atoms with E-state index in [9.17, 15) is 18.8 Å². The maximum Gasteiger partial charge on any atom is 0.272 e. The highest BCUT2D eigenvalue weighted by atomic mass is 19.1. The zero-order valence-corrected chi connectivity index (χ0v) is 17.0. The van der Waals surface area contributed by atoms with Crippen molar-refractivity contribution in [1.29, 1.82) is 0 Å². The molecule has 2 saturated heterocycles. The summed E-state index contributed by atoms with van der Waals surface area (Å²) in [6.07, 6.45) is 1.09. The lowest BCUT2D eigenvalue weighted by molar-refractivity contribution is -0.130. The second kappa shape index (κ2) is 7.30. The molecule has 7 nitrogen and oxygen atoms in total. The van der Waals surface area contributed by atoms with Crippen LogP contribution in [0.2, 0.25) is 0 Å². The van der Waals surface area contributed by atoms with E-state index in [1.54, 1.807) is 34.1 Å². The van der Waals surface area contributed by atoms with E-state index in [1.807, 2.05) is 12.1 Å². The van der Waals surface area contributed by atoms with Crippen LogP contribution in [-0.4, -0.2) is 57.0 Å². The average Bonchev–Trinajstić information content (AvgIpc) is 3.38. The van der Waals surface area contributed by atoms with Crippen LogP contribution < -0.4 is 5.56 Å². The first-order valence-corrected chi connectivity index (χ1v) is 10.3. The number of carbonyl (C=O) groups excluding carboxylic acids is 2. The van der Waals surface area contributed by atoms with Crippen LogP contribution in [0.25, 0.3) is 10.8 Å². The highest BCUT2D eigenvalue weighted by molar-refractivity contribution is 5.95. The molecule has 0 aliphatic carbocycles. The van der Waals surface area contributed by atoms with Gasteiger partial charge in [0.05, 0.1) is 28.7 Å². The molecule has 3 heterocycles. The van der Waals surface area contributed by atoms with Crippen molar-refractivity contribution in [2.45, 2.75) is 31.8 Å². The van der Waals surface area contributed by atoms with E-state index in [0.717, 1.165) is 17.4 Å². The second-order valence-corrected chi connectivity index (χ2v) is 8.21. The lowest BCUT2D eigenvalue weighted by atomic mass is 10.0. The van der Waals surface area contributed by atoms with Crippen molar-refractivity contribution in [3.05, 3.63) is 75.5 Å². The van der Waals surface area contributed by atoms with Gasteiger partial charge >= 0.3 is 0 Å². The Morgan fingerprint density at radius 3 is 2.52 bits per heavy atom. The fourth-order valence-corrected chi connectivity index (χ4v) is 4.80. The zero-order valence-electron chi connectivity index (χ0n) is 17.0. The smallest absolute Gasteiger partial charge is 0.272 e. The molecule has 2 aliphatic rings. The fraction of sp³-hybridized carbons (Fsp3) is 0.304. The van der Waals surface area contributed by atoms with Crippen LogP contribution in [-0.2, 0) is 11.2 Å². The van der Waals surface area contributed by atoms with Crippen LogP contribution in [0.4, 0.5) is 4.39 Å². The molecule has 3 aromatic rings. The highest BCUT2D eigenvalue weighted by Gasteiger charge is 2.46. The van der Waals surface area contributed by atoms with E-state index in [0.29, 0.717) is 30.6 Å². The molecule has 5 rings (SSSR count). The Labute approximate surface area is 177 Å². The van der Waals surface area contributed by atoms with Crippen LogP contribution in [0.5, 0.6) is 0 Å². The Morgan fingerprint density at radius 1 is 1.10 bits per heavy atom. The number of nitrogens with zero attached hydrogens (tertiary/aromatic N) is 3. The highest BCUT2D eigenvalue weighted by Crippen LogP contribution is 2.32. The number of aromatic nitrogens is 2. The number of amides is 2. The third-order valence-electron chi connectivity index (χ3n) is 6.31. The molecule has 2 aromatic carbocycles. The summed E-state index contributed by atoms with van der Waals surface area (Å²) in [7, 11) is 0. The molecule has 2 aliphatic heterocycles. The molecule has 2 atom stereocenters. The predicted molar refractivity (Wildman–Crippen MR) is 112 cm³/mol.